The number of nitrogens with zero attached hydrogens (tertiary/aromatic N) is 4. The van der Waals surface area contributed by atoms with Crippen LogP contribution < -0.4 is 15.8 Å². The average molecular weight is 512 g/mol. The molecule has 2 atom stereocenters. The molecule has 0 bridgehead atoms. The van der Waals surface area contributed by atoms with Gasteiger partial charge in [-0.3, -0.25) is 9.36 Å². The highest BCUT2D eigenvalue weighted by molar-refractivity contribution is 5.68. The number of rotatable bonds is 8. The van der Waals surface area contributed by atoms with Crippen molar-refractivity contribution in [2.24, 2.45) is 0 Å². The first-order valence-electron chi connectivity index (χ1n) is 11.8. The Kier molecular flexibility index (Phi) is 8.17. The number of carboxylic acid groups (broad SMARTS) is 1. The van der Waals surface area contributed by atoms with Gasteiger partial charge < -0.3 is 25.0 Å². The number of anilines is 2. The molecule has 1 amide bonds. The summed E-state index contributed by atoms with van der Waals surface area (Å²) < 4.78 is 49.1. The molecule has 9 nitrogen and oxygen atoms in total. The molecule has 1 aromatic heterocycles. The van der Waals surface area contributed by atoms with Gasteiger partial charge in [-0.15, -0.1) is 0 Å². The zero-order valence-electron chi connectivity index (χ0n) is 21.0. The summed E-state index contributed by atoms with van der Waals surface area (Å²) in [6, 6.07) is 3.43. The van der Waals surface area contributed by atoms with Gasteiger partial charge in [-0.1, -0.05) is 6.92 Å². The number of halogens is 3. The molecular formula is C24H32F3N5O4. The quantitative estimate of drug-likeness (QED) is 0.557. The van der Waals surface area contributed by atoms with Crippen LogP contribution in [0.3, 0.4) is 0 Å². The molecule has 1 aliphatic rings. The summed E-state index contributed by atoms with van der Waals surface area (Å²) in [5, 5.41) is 12.5. The maximum atomic E-state index is 14.1. The Labute approximate surface area is 207 Å². The number of nitrogens with one attached hydrogen (secondary N) is 1. The molecule has 1 aromatic carbocycles. The van der Waals surface area contributed by atoms with E-state index in [1.165, 1.54) is 15.5 Å². The van der Waals surface area contributed by atoms with Gasteiger partial charge in [0, 0.05) is 45.0 Å². The summed E-state index contributed by atoms with van der Waals surface area (Å²) in [7, 11) is 3.30. The zero-order chi connectivity index (χ0) is 26.8. The summed E-state index contributed by atoms with van der Waals surface area (Å²) in [5.41, 5.74) is -0.768. The van der Waals surface area contributed by atoms with Crippen molar-refractivity contribution in [1.29, 1.82) is 0 Å². The Morgan fingerprint density at radius 3 is 2.47 bits per heavy atom. The second-order valence-corrected chi connectivity index (χ2v) is 8.71. The molecule has 198 valence electrons. The van der Waals surface area contributed by atoms with Gasteiger partial charge in [-0.2, -0.15) is 13.2 Å². The monoisotopic (exact) mass is 511 g/mol. The van der Waals surface area contributed by atoms with Crippen LogP contribution >= 0.6 is 0 Å². The first kappa shape index (κ1) is 27.3. The Bertz CT molecular complexity index is 1170. The van der Waals surface area contributed by atoms with Crippen molar-refractivity contribution >= 4 is 17.5 Å². The van der Waals surface area contributed by atoms with Crippen LogP contribution in [-0.4, -0.2) is 71.6 Å². The maximum Gasteiger partial charge on any atom is 0.417 e. The van der Waals surface area contributed by atoms with Gasteiger partial charge in [0.1, 0.15) is 11.5 Å². The third kappa shape index (κ3) is 5.43. The number of hydrogen-bond donors (Lipinski definition) is 2. The second-order valence-electron chi connectivity index (χ2n) is 8.71. The SMILES string of the molecule is CCO[C@H]1CN(C(=O)O)C[C@H]1Nc1c(CC)nc(-c2ccc(N(C)C)cc2C(F)(F)F)n(CC)c1=O. The standard InChI is InChI=1S/C24H32F3N5O4/c1-6-17-20(28-18-12-31(23(34)35)13-19(18)36-8-3)22(33)32(7-2)21(29-17)15-10-9-14(30(4)5)11-16(15)24(25,26)27/h9-11,18-19,28H,6-8,12-13H2,1-5H3,(H,34,35)/t18-,19+/m1/s1. The number of aryl methyl sites for hydroxylation is 1. The van der Waals surface area contributed by atoms with E-state index < -0.39 is 35.5 Å². The fraction of sp³-hybridized carbons (Fsp3) is 0.542. The van der Waals surface area contributed by atoms with Crippen LogP contribution in [0.2, 0.25) is 0 Å². The van der Waals surface area contributed by atoms with E-state index in [4.69, 9.17) is 4.74 Å². The second kappa shape index (κ2) is 10.8. The number of ether oxygens (including phenoxy) is 1. The van der Waals surface area contributed by atoms with Crippen molar-refractivity contribution in [3.8, 4) is 11.4 Å². The van der Waals surface area contributed by atoms with Crippen LogP contribution in [0.1, 0.15) is 32.0 Å². The van der Waals surface area contributed by atoms with Gasteiger partial charge in [0.15, 0.2) is 0 Å². The highest BCUT2D eigenvalue weighted by Gasteiger charge is 2.38. The summed E-state index contributed by atoms with van der Waals surface area (Å²) in [6.07, 6.45) is -5.96. The summed E-state index contributed by atoms with van der Waals surface area (Å²) in [4.78, 5) is 32.4. The van der Waals surface area contributed by atoms with Crippen LogP contribution in [0.15, 0.2) is 23.0 Å². The highest BCUT2D eigenvalue weighted by Crippen LogP contribution is 2.38. The molecule has 0 aliphatic carbocycles. The van der Waals surface area contributed by atoms with E-state index in [0.29, 0.717) is 18.0 Å². The lowest BCUT2D eigenvalue weighted by Gasteiger charge is -2.24. The molecule has 2 aromatic rings. The van der Waals surface area contributed by atoms with E-state index in [9.17, 15) is 27.9 Å². The largest absolute Gasteiger partial charge is 0.465 e. The first-order chi connectivity index (χ1) is 16.9. The molecule has 1 aliphatic heterocycles. The Morgan fingerprint density at radius 1 is 1.25 bits per heavy atom. The van der Waals surface area contributed by atoms with Crippen molar-refractivity contribution < 1.29 is 27.8 Å². The van der Waals surface area contributed by atoms with Crippen LogP contribution in [-0.2, 0) is 23.9 Å². The lowest BCUT2D eigenvalue weighted by molar-refractivity contribution is -0.137. The fourth-order valence-electron chi connectivity index (χ4n) is 4.38. The van der Waals surface area contributed by atoms with Gasteiger partial charge in [0.2, 0.25) is 0 Å². The summed E-state index contributed by atoms with van der Waals surface area (Å²) >= 11 is 0. The van der Waals surface area contributed by atoms with Crippen molar-refractivity contribution in [1.82, 2.24) is 14.5 Å². The highest BCUT2D eigenvalue weighted by atomic mass is 19.4. The van der Waals surface area contributed by atoms with E-state index in [2.05, 4.69) is 10.3 Å². The van der Waals surface area contributed by atoms with Crippen molar-refractivity contribution in [2.75, 3.05) is 44.0 Å². The molecule has 12 heteroatoms. The van der Waals surface area contributed by atoms with Crippen LogP contribution in [0.25, 0.3) is 11.4 Å². The molecule has 3 rings (SSSR count). The zero-order valence-corrected chi connectivity index (χ0v) is 21.0. The predicted octanol–water partition coefficient (Wildman–Crippen LogP) is 3.76. The van der Waals surface area contributed by atoms with E-state index in [0.717, 1.165) is 6.07 Å². The maximum absolute atomic E-state index is 14.1. The number of carbonyl (C=O) groups is 1. The Balaban J connectivity index is 2.14. The van der Waals surface area contributed by atoms with Gasteiger partial charge in [0.05, 0.1) is 29.9 Å². The molecule has 36 heavy (non-hydrogen) atoms. The number of amides is 1. The minimum atomic E-state index is -4.66. The minimum Gasteiger partial charge on any atom is -0.465 e. The van der Waals surface area contributed by atoms with E-state index in [1.54, 1.807) is 45.8 Å². The topological polar surface area (TPSA) is 99.9 Å². The molecule has 2 heterocycles. The number of hydrogen-bond acceptors (Lipinski definition) is 6. The smallest absolute Gasteiger partial charge is 0.417 e. The van der Waals surface area contributed by atoms with Crippen LogP contribution in [0.4, 0.5) is 29.3 Å². The van der Waals surface area contributed by atoms with E-state index >= 15 is 0 Å². The Hall–Kier alpha value is -3.28. The molecule has 0 spiro atoms. The lowest BCUT2D eigenvalue weighted by Crippen LogP contribution is -2.38. The molecule has 1 fully saturated rings. The van der Waals surface area contributed by atoms with Gasteiger partial charge in [-0.05, 0) is 38.5 Å². The molecule has 1 saturated heterocycles. The van der Waals surface area contributed by atoms with E-state index in [1.807, 2.05) is 0 Å². The van der Waals surface area contributed by atoms with Crippen molar-refractivity contribution in [3.05, 3.63) is 39.8 Å². The molecule has 0 saturated carbocycles. The number of aromatic nitrogens is 2. The minimum absolute atomic E-state index is 0.0672. The van der Waals surface area contributed by atoms with Crippen LogP contribution in [0, 0.1) is 0 Å². The third-order valence-corrected chi connectivity index (χ3v) is 6.21. The van der Waals surface area contributed by atoms with Gasteiger partial charge >= 0.3 is 12.3 Å². The molecule has 2 N–H and O–H groups in total. The molecular weight excluding hydrogens is 479 g/mol. The fourth-order valence-corrected chi connectivity index (χ4v) is 4.38. The third-order valence-electron chi connectivity index (χ3n) is 6.21. The molecule has 0 unspecified atom stereocenters. The predicted molar refractivity (Wildman–Crippen MR) is 131 cm³/mol. The summed E-state index contributed by atoms with van der Waals surface area (Å²) in [5.74, 6) is -0.0672. The van der Waals surface area contributed by atoms with E-state index in [-0.39, 0.29) is 43.1 Å². The summed E-state index contributed by atoms with van der Waals surface area (Å²) in [6.45, 7) is 5.89. The van der Waals surface area contributed by atoms with Crippen LogP contribution in [0.5, 0.6) is 0 Å². The van der Waals surface area contributed by atoms with Crippen molar-refractivity contribution in [3.63, 3.8) is 0 Å². The first-order valence-corrected chi connectivity index (χ1v) is 11.8. The number of alkyl halides is 3. The van der Waals surface area contributed by atoms with Gasteiger partial charge in [0.25, 0.3) is 5.56 Å². The molecule has 0 radical (unpaired) electrons. The van der Waals surface area contributed by atoms with Gasteiger partial charge in [-0.25, -0.2) is 9.78 Å². The average Bonchev–Trinajstić information content (AvgIpc) is 3.22. The normalized spacial score (nSPS) is 17.9. The Morgan fingerprint density at radius 2 is 1.94 bits per heavy atom. The number of benzene rings is 1. The van der Waals surface area contributed by atoms with Crippen molar-refractivity contribution in [2.45, 2.75) is 52.1 Å². The number of likely N-dealkylation sites (tertiary alicyclic amines) is 1. The lowest BCUT2D eigenvalue weighted by atomic mass is 10.0.